The van der Waals surface area contributed by atoms with Crippen molar-refractivity contribution >= 4 is 5.78 Å². The number of likely N-dealkylation sites (tertiary alicyclic amines) is 1. The van der Waals surface area contributed by atoms with E-state index in [1.54, 1.807) is 0 Å². The van der Waals surface area contributed by atoms with Crippen LogP contribution in [-0.2, 0) is 0 Å². The van der Waals surface area contributed by atoms with Gasteiger partial charge in [0.15, 0.2) is 5.78 Å². The van der Waals surface area contributed by atoms with Crippen molar-refractivity contribution in [1.29, 1.82) is 0 Å². The quantitative estimate of drug-likeness (QED) is 0.810. The van der Waals surface area contributed by atoms with Crippen LogP contribution in [0.2, 0.25) is 0 Å². The van der Waals surface area contributed by atoms with Gasteiger partial charge in [-0.1, -0.05) is 6.42 Å². The standard InChI is InChI=1S/C15H20FNO3/c16-11-4-5-14(19)13(9-11)15(20)10-17-7-2-1-3-12(17)6-8-18/h4-5,9,12,18-19H,1-3,6-8,10H2. The number of halogens is 1. The number of aliphatic hydroxyl groups is 1. The van der Waals surface area contributed by atoms with Gasteiger partial charge in [-0.3, -0.25) is 9.69 Å². The Labute approximate surface area is 117 Å². The number of benzene rings is 1. The summed E-state index contributed by atoms with van der Waals surface area (Å²) in [5, 5.41) is 18.7. The summed E-state index contributed by atoms with van der Waals surface area (Å²) in [6.45, 7) is 1.05. The molecule has 2 rings (SSSR count). The van der Waals surface area contributed by atoms with Gasteiger partial charge < -0.3 is 10.2 Å². The zero-order chi connectivity index (χ0) is 14.5. The molecule has 4 nitrogen and oxygen atoms in total. The van der Waals surface area contributed by atoms with E-state index < -0.39 is 5.82 Å². The zero-order valence-corrected chi connectivity index (χ0v) is 11.4. The van der Waals surface area contributed by atoms with Gasteiger partial charge >= 0.3 is 0 Å². The second-order valence-electron chi connectivity index (χ2n) is 5.22. The highest BCUT2D eigenvalue weighted by Crippen LogP contribution is 2.22. The molecule has 1 atom stereocenters. The van der Waals surface area contributed by atoms with Gasteiger partial charge in [-0.15, -0.1) is 0 Å². The van der Waals surface area contributed by atoms with Gasteiger partial charge in [-0.25, -0.2) is 4.39 Å². The lowest BCUT2D eigenvalue weighted by molar-refractivity contribution is 0.0796. The molecule has 1 aliphatic heterocycles. The normalized spacial score (nSPS) is 20.0. The number of phenolic OH excluding ortho intramolecular Hbond substituents is 1. The molecule has 0 aliphatic carbocycles. The monoisotopic (exact) mass is 281 g/mol. The molecule has 2 N–H and O–H groups in total. The molecule has 0 saturated carbocycles. The summed E-state index contributed by atoms with van der Waals surface area (Å²) in [6, 6.07) is 3.59. The lowest BCUT2D eigenvalue weighted by atomic mass is 9.98. The van der Waals surface area contributed by atoms with E-state index in [0.717, 1.165) is 37.9 Å². The van der Waals surface area contributed by atoms with Gasteiger partial charge in [0.05, 0.1) is 12.1 Å². The fraction of sp³-hybridized carbons (Fsp3) is 0.533. The highest BCUT2D eigenvalue weighted by molar-refractivity contribution is 6.00. The van der Waals surface area contributed by atoms with E-state index in [-0.39, 0.29) is 36.3 Å². The Morgan fingerprint density at radius 3 is 2.95 bits per heavy atom. The molecule has 1 aliphatic rings. The fourth-order valence-electron chi connectivity index (χ4n) is 2.75. The van der Waals surface area contributed by atoms with Crippen molar-refractivity contribution in [1.82, 2.24) is 4.90 Å². The second-order valence-corrected chi connectivity index (χ2v) is 5.22. The number of ketones is 1. The summed E-state index contributed by atoms with van der Waals surface area (Å²) >= 11 is 0. The molecule has 1 unspecified atom stereocenters. The first-order valence-corrected chi connectivity index (χ1v) is 6.98. The Hall–Kier alpha value is -1.46. The van der Waals surface area contributed by atoms with E-state index in [0.29, 0.717) is 6.42 Å². The van der Waals surface area contributed by atoms with Crippen molar-refractivity contribution in [2.75, 3.05) is 19.7 Å². The van der Waals surface area contributed by atoms with E-state index in [4.69, 9.17) is 5.11 Å². The fourth-order valence-corrected chi connectivity index (χ4v) is 2.75. The van der Waals surface area contributed by atoms with E-state index in [1.807, 2.05) is 4.90 Å². The maximum Gasteiger partial charge on any atom is 0.180 e. The van der Waals surface area contributed by atoms with Crippen LogP contribution in [0.5, 0.6) is 5.75 Å². The molecule has 20 heavy (non-hydrogen) atoms. The van der Waals surface area contributed by atoms with E-state index in [1.165, 1.54) is 6.07 Å². The molecule has 0 aromatic heterocycles. The van der Waals surface area contributed by atoms with Crippen LogP contribution in [0.3, 0.4) is 0 Å². The predicted octanol–water partition coefficient (Wildman–Crippen LogP) is 1.95. The average Bonchev–Trinajstić information content (AvgIpc) is 2.44. The topological polar surface area (TPSA) is 60.8 Å². The minimum Gasteiger partial charge on any atom is -0.507 e. The lowest BCUT2D eigenvalue weighted by Crippen LogP contribution is -2.43. The van der Waals surface area contributed by atoms with Crippen molar-refractivity contribution in [2.24, 2.45) is 0 Å². The SMILES string of the molecule is O=C(CN1CCCCC1CCO)c1cc(F)ccc1O. The van der Waals surface area contributed by atoms with E-state index >= 15 is 0 Å². The maximum absolute atomic E-state index is 13.2. The molecule has 1 fully saturated rings. The number of piperidine rings is 1. The van der Waals surface area contributed by atoms with Crippen LogP contribution < -0.4 is 0 Å². The number of hydrogen-bond donors (Lipinski definition) is 2. The van der Waals surface area contributed by atoms with E-state index in [2.05, 4.69) is 0 Å². The predicted molar refractivity (Wildman–Crippen MR) is 73.3 cm³/mol. The van der Waals surface area contributed by atoms with Crippen molar-refractivity contribution in [3.8, 4) is 5.75 Å². The smallest absolute Gasteiger partial charge is 0.180 e. The second kappa shape index (κ2) is 6.81. The summed E-state index contributed by atoms with van der Waals surface area (Å²) in [5.74, 6) is -1.00. The maximum atomic E-state index is 13.2. The van der Waals surface area contributed by atoms with Crippen molar-refractivity contribution in [2.45, 2.75) is 31.7 Å². The third kappa shape index (κ3) is 3.55. The number of Topliss-reactive ketones (excluding diaryl/α,β-unsaturated/α-hetero) is 1. The molecule has 0 bridgehead atoms. The Kier molecular flexibility index (Phi) is 5.09. The van der Waals surface area contributed by atoms with Crippen LogP contribution in [-0.4, -0.2) is 46.6 Å². The lowest BCUT2D eigenvalue weighted by Gasteiger charge is -2.34. The number of carbonyl (C=O) groups is 1. The highest BCUT2D eigenvalue weighted by Gasteiger charge is 2.25. The van der Waals surface area contributed by atoms with E-state index in [9.17, 15) is 14.3 Å². The molecule has 5 heteroatoms. The number of rotatable bonds is 5. The average molecular weight is 281 g/mol. The number of aromatic hydroxyl groups is 1. The first-order valence-electron chi connectivity index (χ1n) is 6.98. The highest BCUT2D eigenvalue weighted by atomic mass is 19.1. The first-order chi connectivity index (χ1) is 9.61. The molecule has 1 saturated heterocycles. The van der Waals surface area contributed by atoms with Crippen LogP contribution in [0, 0.1) is 5.82 Å². The Bertz CT molecular complexity index is 476. The summed E-state index contributed by atoms with van der Waals surface area (Å²) in [6.07, 6.45) is 3.72. The molecule has 1 aromatic carbocycles. The zero-order valence-electron chi connectivity index (χ0n) is 11.4. The number of phenols is 1. The largest absolute Gasteiger partial charge is 0.507 e. The molecule has 0 radical (unpaired) electrons. The molecule has 0 amide bonds. The Morgan fingerprint density at radius 2 is 2.20 bits per heavy atom. The third-order valence-corrected chi connectivity index (χ3v) is 3.82. The van der Waals surface area contributed by atoms with Gasteiger partial charge in [0.25, 0.3) is 0 Å². The van der Waals surface area contributed by atoms with Crippen molar-refractivity contribution in [3.63, 3.8) is 0 Å². The van der Waals surface area contributed by atoms with Crippen molar-refractivity contribution in [3.05, 3.63) is 29.6 Å². The van der Waals surface area contributed by atoms with Crippen LogP contribution in [0.1, 0.15) is 36.0 Å². The number of nitrogens with zero attached hydrogens (tertiary/aromatic N) is 1. The summed E-state index contributed by atoms with van der Waals surface area (Å²) in [4.78, 5) is 14.2. The summed E-state index contributed by atoms with van der Waals surface area (Å²) in [5.41, 5.74) is 0.0262. The first kappa shape index (κ1) is 14.9. The van der Waals surface area contributed by atoms with Crippen LogP contribution in [0.4, 0.5) is 4.39 Å². The van der Waals surface area contributed by atoms with Crippen molar-refractivity contribution < 1.29 is 19.4 Å². The van der Waals surface area contributed by atoms with Gasteiger partial charge in [-0.05, 0) is 44.0 Å². The molecular weight excluding hydrogens is 261 g/mol. The molecule has 1 heterocycles. The molecule has 110 valence electrons. The number of carbonyl (C=O) groups excluding carboxylic acids is 1. The minimum atomic E-state index is -0.531. The van der Waals surface area contributed by atoms with Gasteiger partial charge in [0.2, 0.25) is 0 Å². The Morgan fingerprint density at radius 1 is 1.40 bits per heavy atom. The Balaban J connectivity index is 2.07. The summed E-state index contributed by atoms with van der Waals surface area (Å²) in [7, 11) is 0. The van der Waals surface area contributed by atoms with Crippen LogP contribution in [0.25, 0.3) is 0 Å². The van der Waals surface area contributed by atoms with Gasteiger partial charge in [-0.2, -0.15) is 0 Å². The molecule has 0 spiro atoms. The summed E-state index contributed by atoms with van der Waals surface area (Å²) < 4.78 is 13.2. The van der Waals surface area contributed by atoms with Gasteiger partial charge in [0.1, 0.15) is 11.6 Å². The number of hydrogen-bond acceptors (Lipinski definition) is 4. The van der Waals surface area contributed by atoms with Crippen LogP contribution >= 0.6 is 0 Å². The number of aliphatic hydroxyl groups excluding tert-OH is 1. The molecular formula is C15H20FNO3. The molecule has 1 aromatic rings. The minimum absolute atomic E-state index is 0.0262. The third-order valence-electron chi connectivity index (χ3n) is 3.82. The van der Waals surface area contributed by atoms with Crippen LogP contribution in [0.15, 0.2) is 18.2 Å². The van der Waals surface area contributed by atoms with Gasteiger partial charge in [0, 0.05) is 12.6 Å².